The predicted molar refractivity (Wildman–Crippen MR) is 93.9 cm³/mol. The summed E-state index contributed by atoms with van der Waals surface area (Å²) in [6.45, 7) is 6.93. The molecule has 0 aromatic heterocycles. The summed E-state index contributed by atoms with van der Waals surface area (Å²) < 4.78 is 24.8. The molecule has 0 bridgehead atoms. The molecule has 1 heterocycles. The largest absolute Gasteiger partial charge is 0.313 e. The third kappa shape index (κ3) is 3.47. The number of nitrogens with one attached hydrogen (secondary N) is 1. The Labute approximate surface area is 140 Å². The van der Waals surface area contributed by atoms with Gasteiger partial charge in [-0.3, -0.25) is 0 Å². The van der Waals surface area contributed by atoms with Gasteiger partial charge in [0.05, 0.1) is 6.26 Å². The molecule has 2 aliphatic rings. The maximum absolute atomic E-state index is 11.6. The van der Waals surface area contributed by atoms with Gasteiger partial charge in [0.2, 0.25) is 10.0 Å². The second-order valence-electron chi connectivity index (χ2n) is 7.76. The molecule has 1 aliphatic heterocycles. The molecule has 3 rings (SSSR count). The van der Waals surface area contributed by atoms with Crippen molar-refractivity contribution in [3.63, 3.8) is 0 Å². The summed E-state index contributed by atoms with van der Waals surface area (Å²) >= 11 is 0. The van der Waals surface area contributed by atoms with Crippen molar-refractivity contribution in [1.29, 1.82) is 0 Å². The highest BCUT2D eigenvalue weighted by Crippen LogP contribution is 2.52. The molecular weight excluding hydrogens is 308 g/mol. The highest BCUT2D eigenvalue weighted by Gasteiger charge is 2.48. The number of hydrogen-bond donors (Lipinski definition) is 1. The molecule has 0 spiro atoms. The molecule has 23 heavy (non-hydrogen) atoms. The Bertz CT molecular complexity index is 642. The molecule has 1 saturated heterocycles. The van der Waals surface area contributed by atoms with Crippen molar-refractivity contribution in [2.75, 3.05) is 25.9 Å². The Morgan fingerprint density at radius 1 is 1.26 bits per heavy atom. The molecule has 2 fully saturated rings. The van der Waals surface area contributed by atoms with E-state index in [1.54, 1.807) is 4.31 Å². The van der Waals surface area contributed by atoms with Gasteiger partial charge in [0.1, 0.15) is 0 Å². The number of rotatable bonds is 5. The van der Waals surface area contributed by atoms with Gasteiger partial charge in [-0.2, -0.15) is 0 Å². The molecular formula is C18H28N2O2S. The van der Waals surface area contributed by atoms with Crippen molar-refractivity contribution < 1.29 is 8.42 Å². The molecule has 3 atom stereocenters. The van der Waals surface area contributed by atoms with E-state index in [0.29, 0.717) is 31.0 Å². The first-order valence-corrected chi connectivity index (χ1v) is 10.4. The summed E-state index contributed by atoms with van der Waals surface area (Å²) in [6.07, 6.45) is 3.44. The molecule has 5 heteroatoms. The van der Waals surface area contributed by atoms with E-state index in [1.165, 1.54) is 18.2 Å². The van der Waals surface area contributed by atoms with Crippen LogP contribution in [0.25, 0.3) is 0 Å². The van der Waals surface area contributed by atoms with E-state index in [2.05, 4.69) is 49.5 Å². The van der Waals surface area contributed by atoms with E-state index < -0.39 is 10.0 Å². The zero-order valence-electron chi connectivity index (χ0n) is 14.3. The average molecular weight is 337 g/mol. The molecule has 0 radical (unpaired) electrons. The summed E-state index contributed by atoms with van der Waals surface area (Å²) in [7, 11) is -3.03. The van der Waals surface area contributed by atoms with E-state index >= 15 is 0 Å². The Morgan fingerprint density at radius 2 is 1.96 bits per heavy atom. The SMILES string of the molecule is CC1(C)[C@H](NC[C@@H]2CCN(S(C)(=O)=O)C2)C[C@H]1c1ccccc1. The van der Waals surface area contributed by atoms with Crippen LogP contribution in [0.1, 0.15) is 38.2 Å². The monoisotopic (exact) mass is 336 g/mol. The third-order valence-corrected chi connectivity index (χ3v) is 7.11. The Hall–Kier alpha value is -0.910. The van der Waals surface area contributed by atoms with Crippen molar-refractivity contribution in [1.82, 2.24) is 9.62 Å². The van der Waals surface area contributed by atoms with Crippen LogP contribution in [0, 0.1) is 11.3 Å². The van der Waals surface area contributed by atoms with Crippen molar-refractivity contribution in [3.05, 3.63) is 35.9 Å². The highest BCUT2D eigenvalue weighted by molar-refractivity contribution is 7.88. The van der Waals surface area contributed by atoms with Crippen molar-refractivity contribution >= 4 is 10.0 Å². The molecule has 0 amide bonds. The van der Waals surface area contributed by atoms with Crippen LogP contribution in [-0.2, 0) is 10.0 Å². The maximum Gasteiger partial charge on any atom is 0.211 e. The highest BCUT2D eigenvalue weighted by atomic mass is 32.2. The van der Waals surface area contributed by atoms with Gasteiger partial charge in [-0.25, -0.2) is 12.7 Å². The molecule has 1 aromatic rings. The lowest BCUT2D eigenvalue weighted by atomic mass is 9.56. The fourth-order valence-electron chi connectivity index (χ4n) is 4.10. The lowest BCUT2D eigenvalue weighted by Gasteiger charge is -2.53. The van der Waals surface area contributed by atoms with Crippen LogP contribution in [0.15, 0.2) is 30.3 Å². The second kappa shape index (κ2) is 6.19. The van der Waals surface area contributed by atoms with Gasteiger partial charge in [-0.15, -0.1) is 0 Å². The average Bonchev–Trinajstić information content (AvgIpc) is 2.96. The van der Waals surface area contributed by atoms with Crippen molar-refractivity contribution in [3.8, 4) is 0 Å². The normalized spacial score (nSPS) is 31.0. The zero-order chi connectivity index (χ0) is 16.7. The van der Waals surface area contributed by atoms with Crippen LogP contribution in [0.5, 0.6) is 0 Å². The minimum absolute atomic E-state index is 0.247. The van der Waals surface area contributed by atoms with E-state index in [0.717, 1.165) is 13.0 Å². The van der Waals surface area contributed by atoms with Crippen LogP contribution in [0.4, 0.5) is 0 Å². The minimum atomic E-state index is -3.03. The topological polar surface area (TPSA) is 49.4 Å². The smallest absolute Gasteiger partial charge is 0.211 e. The molecule has 128 valence electrons. The first-order valence-electron chi connectivity index (χ1n) is 8.52. The lowest BCUT2D eigenvalue weighted by molar-refractivity contribution is 0.0664. The van der Waals surface area contributed by atoms with Crippen molar-refractivity contribution in [2.45, 2.75) is 38.6 Å². The summed E-state index contributed by atoms with van der Waals surface area (Å²) in [4.78, 5) is 0. The maximum atomic E-state index is 11.6. The molecule has 4 nitrogen and oxygen atoms in total. The second-order valence-corrected chi connectivity index (χ2v) is 9.74. The summed E-state index contributed by atoms with van der Waals surface area (Å²) in [5, 5.41) is 3.70. The van der Waals surface area contributed by atoms with Gasteiger partial charge in [0.25, 0.3) is 0 Å². The van der Waals surface area contributed by atoms with E-state index in [9.17, 15) is 8.42 Å². The standard InChI is InChI=1S/C18H28N2O2S/c1-18(2)16(15-7-5-4-6-8-15)11-17(18)19-12-14-9-10-20(13-14)23(3,21)22/h4-8,14,16-17,19H,9-13H2,1-3H3/t14-,16-,17+/m0/s1. The zero-order valence-corrected chi connectivity index (χ0v) is 15.1. The number of sulfonamides is 1. The van der Waals surface area contributed by atoms with Crippen LogP contribution >= 0.6 is 0 Å². The van der Waals surface area contributed by atoms with Crippen LogP contribution in [-0.4, -0.2) is 44.7 Å². The first kappa shape index (κ1) is 16.9. The fourth-order valence-corrected chi connectivity index (χ4v) is 5.02. The van der Waals surface area contributed by atoms with Gasteiger partial charge in [0.15, 0.2) is 0 Å². The molecule has 1 aliphatic carbocycles. The van der Waals surface area contributed by atoms with Gasteiger partial charge in [-0.1, -0.05) is 44.2 Å². The molecule has 0 unspecified atom stereocenters. The van der Waals surface area contributed by atoms with Crippen molar-refractivity contribution in [2.24, 2.45) is 11.3 Å². The van der Waals surface area contributed by atoms with Gasteiger partial charge in [0, 0.05) is 19.1 Å². The van der Waals surface area contributed by atoms with E-state index in [-0.39, 0.29) is 5.41 Å². The Kier molecular flexibility index (Phi) is 4.55. The molecule has 1 aromatic carbocycles. The van der Waals surface area contributed by atoms with E-state index in [1.807, 2.05) is 0 Å². The third-order valence-electron chi connectivity index (χ3n) is 5.84. The predicted octanol–water partition coefficient (Wildman–Crippen LogP) is 2.44. The molecule has 1 N–H and O–H groups in total. The van der Waals surface area contributed by atoms with Crippen LogP contribution < -0.4 is 5.32 Å². The summed E-state index contributed by atoms with van der Waals surface area (Å²) in [6, 6.07) is 11.3. The van der Waals surface area contributed by atoms with Gasteiger partial charge < -0.3 is 5.32 Å². The molecule has 1 saturated carbocycles. The number of benzene rings is 1. The van der Waals surface area contributed by atoms with Crippen LogP contribution in [0.3, 0.4) is 0 Å². The Balaban J connectivity index is 1.51. The van der Waals surface area contributed by atoms with E-state index in [4.69, 9.17) is 0 Å². The Morgan fingerprint density at radius 3 is 2.52 bits per heavy atom. The fraction of sp³-hybridized carbons (Fsp3) is 0.667. The lowest BCUT2D eigenvalue weighted by Crippen LogP contribution is -2.56. The number of nitrogens with zero attached hydrogens (tertiary/aromatic N) is 1. The first-order chi connectivity index (χ1) is 10.8. The van der Waals surface area contributed by atoms with Crippen LogP contribution in [0.2, 0.25) is 0 Å². The van der Waals surface area contributed by atoms with Gasteiger partial charge in [-0.05, 0) is 42.2 Å². The summed E-state index contributed by atoms with van der Waals surface area (Å²) in [5.41, 5.74) is 1.68. The minimum Gasteiger partial charge on any atom is -0.313 e. The quantitative estimate of drug-likeness (QED) is 0.898. The summed E-state index contributed by atoms with van der Waals surface area (Å²) in [5.74, 6) is 1.05. The number of hydrogen-bond acceptors (Lipinski definition) is 3. The van der Waals surface area contributed by atoms with Gasteiger partial charge >= 0.3 is 0 Å².